The molecule has 1 aromatic rings. The minimum atomic E-state index is -0.761. The highest BCUT2D eigenvalue weighted by atomic mass is 19.1. The Morgan fingerprint density at radius 1 is 1.26 bits per heavy atom. The molecule has 0 atom stereocenters. The quantitative estimate of drug-likeness (QED) is 0.914. The van der Waals surface area contributed by atoms with Crippen LogP contribution in [0.2, 0.25) is 0 Å². The monoisotopic (exact) mass is 270 g/mol. The topological polar surface area (TPSA) is 46.5 Å². The van der Waals surface area contributed by atoms with Crippen LogP contribution in [0, 0.1) is 17.6 Å². The molecule has 1 N–H and O–H groups in total. The van der Waals surface area contributed by atoms with E-state index < -0.39 is 17.6 Å². The second-order valence-corrected chi connectivity index (χ2v) is 4.86. The molecule has 0 saturated heterocycles. The summed E-state index contributed by atoms with van der Waals surface area (Å²) in [7, 11) is 0. The zero-order chi connectivity index (χ0) is 13.8. The van der Waals surface area contributed by atoms with E-state index in [4.69, 9.17) is 9.84 Å². The third-order valence-electron chi connectivity index (χ3n) is 3.51. The molecule has 1 aromatic carbocycles. The first-order valence-electron chi connectivity index (χ1n) is 6.34. The second-order valence-electron chi connectivity index (χ2n) is 4.86. The molecule has 104 valence electrons. The summed E-state index contributed by atoms with van der Waals surface area (Å²) in [6.45, 7) is 0.0918. The maximum atomic E-state index is 13.4. The van der Waals surface area contributed by atoms with E-state index >= 15 is 0 Å². The van der Waals surface area contributed by atoms with Gasteiger partial charge in [-0.05, 0) is 31.7 Å². The number of ether oxygens (including phenoxy) is 1. The van der Waals surface area contributed by atoms with Gasteiger partial charge in [0.2, 0.25) is 0 Å². The molecule has 0 unspecified atom stereocenters. The highest BCUT2D eigenvalue weighted by molar-refractivity contribution is 5.70. The van der Waals surface area contributed by atoms with Crippen molar-refractivity contribution in [2.45, 2.75) is 38.4 Å². The standard InChI is InChI=1S/C14H16F2O3/c15-11-4-1-10(13(16)7-11)8-19-12-5-2-9(3-6-12)14(17)18/h1,4,7,9,12H,2-3,5-6,8H2,(H,17,18)/t9-,12-. The third kappa shape index (κ3) is 3.73. The molecule has 1 fully saturated rings. The van der Waals surface area contributed by atoms with Gasteiger partial charge >= 0.3 is 5.97 Å². The first-order valence-corrected chi connectivity index (χ1v) is 6.34. The predicted octanol–water partition coefficient (Wildman–Crippen LogP) is 3.12. The normalized spacial score (nSPS) is 23.3. The molecule has 2 rings (SSSR count). The summed E-state index contributed by atoms with van der Waals surface area (Å²) in [5, 5.41) is 8.87. The fourth-order valence-corrected chi connectivity index (χ4v) is 2.32. The van der Waals surface area contributed by atoms with Gasteiger partial charge in [-0.3, -0.25) is 4.79 Å². The van der Waals surface area contributed by atoms with Crippen LogP contribution in [0.25, 0.3) is 0 Å². The van der Waals surface area contributed by atoms with E-state index in [1.807, 2.05) is 0 Å². The Labute approximate surface area is 110 Å². The van der Waals surface area contributed by atoms with Gasteiger partial charge < -0.3 is 9.84 Å². The van der Waals surface area contributed by atoms with E-state index in [9.17, 15) is 13.6 Å². The number of hydrogen-bond acceptors (Lipinski definition) is 2. The molecule has 1 saturated carbocycles. The van der Waals surface area contributed by atoms with Crippen LogP contribution in [-0.4, -0.2) is 17.2 Å². The molecule has 0 amide bonds. The molecule has 1 aliphatic rings. The lowest BCUT2D eigenvalue weighted by molar-refractivity contribution is -0.143. The van der Waals surface area contributed by atoms with Gasteiger partial charge in [-0.2, -0.15) is 0 Å². The van der Waals surface area contributed by atoms with E-state index in [0.29, 0.717) is 31.2 Å². The molecule has 0 spiro atoms. The molecule has 0 heterocycles. The van der Waals surface area contributed by atoms with Gasteiger partial charge in [0.1, 0.15) is 11.6 Å². The molecule has 0 radical (unpaired) electrons. The fraction of sp³-hybridized carbons (Fsp3) is 0.500. The van der Waals surface area contributed by atoms with Crippen LogP contribution in [0.15, 0.2) is 18.2 Å². The molecule has 0 bridgehead atoms. The van der Waals surface area contributed by atoms with Gasteiger partial charge in [0.05, 0.1) is 18.6 Å². The van der Waals surface area contributed by atoms with E-state index in [-0.39, 0.29) is 18.6 Å². The summed E-state index contributed by atoms with van der Waals surface area (Å²) in [6.07, 6.45) is 2.47. The van der Waals surface area contributed by atoms with E-state index in [2.05, 4.69) is 0 Å². The number of carboxylic acids is 1. The summed E-state index contributed by atoms with van der Waals surface area (Å²) in [5.74, 6) is -2.27. The maximum Gasteiger partial charge on any atom is 0.306 e. The first-order chi connectivity index (χ1) is 9.06. The lowest BCUT2D eigenvalue weighted by Gasteiger charge is -2.26. The number of halogens is 2. The largest absolute Gasteiger partial charge is 0.481 e. The van der Waals surface area contributed by atoms with Crippen molar-refractivity contribution >= 4 is 5.97 Å². The zero-order valence-electron chi connectivity index (χ0n) is 10.4. The van der Waals surface area contributed by atoms with Gasteiger partial charge in [0, 0.05) is 11.6 Å². The van der Waals surface area contributed by atoms with Crippen molar-refractivity contribution < 1.29 is 23.4 Å². The number of rotatable bonds is 4. The van der Waals surface area contributed by atoms with Crippen LogP contribution in [0.1, 0.15) is 31.2 Å². The smallest absolute Gasteiger partial charge is 0.306 e. The maximum absolute atomic E-state index is 13.4. The van der Waals surface area contributed by atoms with E-state index in [0.717, 1.165) is 6.07 Å². The van der Waals surface area contributed by atoms with Gasteiger partial charge in [0.25, 0.3) is 0 Å². The van der Waals surface area contributed by atoms with Gasteiger partial charge in [-0.25, -0.2) is 8.78 Å². The number of benzene rings is 1. The van der Waals surface area contributed by atoms with Crippen molar-refractivity contribution in [3.05, 3.63) is 35.4 Å². The summed E-state index contributed by atoms with van der Waals surface area (Å²) in [6, 6.07) is 3.40. The van der Waals surface area contributed by atoms with Crippen molar-refractivity contribution in [1.82, 2.24) is 0 Å². The van der Waals surface area contributed by atoms with Gasteiger partial charge in [-0.15, -0.1) is 0 Å². The summed E-state index contributed by atoms with van der Waals surface area (Å²) in [4.78, 5) is 10.8. The number of carbonyl (C=O) groups is 1. The van der Waals surface area contributed by atoms with Crippen LogP contribution >= 0.6 is 0 Å². The minimum absolute atomic E-state index is 0.0416. The third-order valence-corrected chi connectivity index (χ3v) is 3.51. The molecule has 0 aliphatic heterocycles. The van der Waals surface area contributed by atoms with Crippen molar-refractivity contribution in [3.8, 4) is 0 Å². The molecule has 1 aliphatic carbocycles. The Hall–Kier alpha value is -1.49. The summed E-state index contributed by atoms with van der Waals surface area (Å²) in [5.41, 5.74) is 0.321. The van der Waals surface area contributed by atoms with Crippen LogP contribution < -0.4 is 0 Å². The highest BCUT2D eigenvalue weighted by Gasteiger charge is 2.26. The van der Waals surface area contributed by atoms with Crippen LogP contribution in [-0.2, 0) is 16.1 Å². The zero-order valence-corrected chi connectivity index (χ0v) is 10.4. The predicted molar refractivity (Wildman–Crippen MR) is 64.5 cm³/mol. The van der Waals surface area contributed by atoms with Crippen molar-refractivity contribution in [1.29, 1.82) is 0 Å². The van der Waals surface area contributed by atoms with Crippen LogP contribution in [0.5, 0.6) is 0 Å². The number of hydrogen-bond donors (Lipinski definition) is 1. The van der Waals surface area contributed by atoms with Gasteiger partial charge in [0.15, 0.2) is 0 Å². The average molecular weight is 270 g/mol. The second kappa shape index (κ2) is 6.10. The Kier molecular flexibility index (Phi) is 4.47. The lowest BCUT2D eigenvalue weighted by Crippen LogP contribution is -2.26. The van der Waals surface area contributed by atoms with E-state index in [1.165, 1.54) is 12.1 Å². The average Bonchev–Trinajstić information content (AvgIpc) is 2.38. The van der Waals surface area contributed by atoms with Crippen LogP contribution in [0.3, 0.4) is 0 Å². The molecular weight excluding hydrogens is 254 g/mol. The first kappa shape index (κ1) is 13.9. The lowest BCUT2D eigenvalue weighted by atomic mass is 9.87. The van der Waals surface area contributed by atoms with Crippen LogP contribution in [0.4, 0.5) is 8.78 Å². The molecule has 19 heavy (non-hydrogen) atoms. The number of aliphatic carboxylic acids is 1. The summed E-state index contributed by atoms with van der Waals surface area (Å²) < 4.78 is 31.7. The Morgan fingerprint density at radius 3 is 2.53 bits per heavy atom. The van der Waals surface area contributed by atoms with E-state index in [1.54, 1.807) is 0 Å². The Bertz CT molecular complexity index is 454. The van der Waals surface area contributed by atoms with Gasteiger partial charge in [-0.1, -0.05) is 6.07 Å². The Morgan fingerprint density at radius 2 is 1.95 bits per heavy atom. The van der Waals surface area contributed by atoms with Crippen molar-refractivity contribution in [2.75, 3.05) is 0 Å². The Balaban J connectivity index is 1.82. The molecular formula is C14H16F2O3. The number of carboxylic acid groups (broad SMARTS) is 1. The minimum Gasteiger partial charge on any atom is -0.481 e. The molecule has 5 heteroatoms. The highest BCUT2D eigenvalue weighted by Crippen LogP contribution is 2.27. The fourth-order valence-electron chi connectivity index (χ4n) is 2.32. The van der Waals surface area contributed by atoms with Crippen molar-refractivity contribution in [3.63, 3.8) is 0 Å². The molecule has 0 aromatic heterocycles. The summed E-state index contributed by atoms with van der Waals surface area (Å²) >= 11 is 0. The van der Waals surface area contributed by atoms with Crippen molar-refractivity contribution in [2.24, 2.45) is 5.92 Å². The SMILES string of the molecule is O=C(O)[C@H]1CC[C@H](OCc2ccc(F)cc2F)CC1. The molecule has 3 nitrogen and oxygen atoms in total.